The Hall–Kier alpha value is -0.570. The van der Waals surface area contributed by atoms with Crippen LogP contribution in [0.4, 0.5) is 0 Å². The Morgan fingerprint density at radius 1 is 1.40 bits per heavy atom. The number of rotatable bonds is 2. The Morgan fingerprint density at radius 2 is 1.93 bits per heavy atom. The Labute approximate surface area is 93.2 Å². The topological polar surface area (TPSA) is 32.3 Å². The summed E-state index contributed by atoms with van der Waals surface area (Å²) in [6.45, 7) is 13.6. The fourth-order valence-electron chi connectivity index (χ4n) is 2.04. The minimum Gasteiger partial charge on any atom is -0.325 e. The maximum Gasteiger partial charge on any atom is 0.240 e. The maximum atomic E-state index is 12.0. The number of carbonyl (C=O) groups excluding carboxylic acids is 1. The van der Waals surface area contributed by atoms with Crippen molar-refractivity contribution in [3.63, 3.8) is 0 Å². The summed E-state index contributed by atoms with van der Waals surface area (Å²) < 4.78 is 0. The van der Waals surface area contributed by atoms with Crippen molar-refractivity contribution in [2.45, 2.75) is 53.8 Å². The van der Waals surface area contributed by atoms with Gasteiger partial charge in [-0.25, -0.2) is 0 Å². The van der Waals surface area contributed by atoms with Crippen molar-refractivity contribution in [1.29, 1.82) is 0 Å². The van der Waals surface area contributed by atoms with Gasteiger partial charge in [0.25, 0.3) is 0 Å². The molecule has 1 amide bonds. The summed E-state index contributed by atoms with van der Waals surface area (Å²) in [6.07, 6.45) is 0.201. The lowest BCUT2D eigenvalue weighted by molar-refractivity contribution is -0.131. The molecule has 1 heterocycles. The molecule has 0 aromatic rings. The third-order valence-electron chi connectivity index (χ3n) is 2.69. The molecule has 3 heteroatoms. The zero-order valence-corrected chi connectivity index (χ0v) is 10.8. The van der Waals surface area contributed by atoms with Crippen molar-refractivity contribution in [3.05, 3.63) is 0 Å². The molecular weight excluding hydrogens is 188 g/mol. The third kappa shape index (κ3) is 2.94. The van der Waals surface area contributed by atoms with Gasteiger partial charge in [0, 0.05) is 6.54 Å². The average Bonchev–Trinajstić information content (AvgIpc) is 2.30. The minimum absolute atomic E-state index is 0.0280. The molecule has 0 saturated carbocycles. The predicted octanol–water partition coefficient (Wildman–Crippen LogP) is 1.83. The van der Waals surface area contributed by atoms with Crippen LogP contribution in [0.25, 0.3) is 0 Å². The molecule has 88 valence electrons. The summed E-state index contributed by atoms with van der Waals surface area (Å²) >= 11 is 0. The number of hydrogen-bond acceptors (Lipinski definition) is 2. The van der Waals surface area contributed by atoms with Crippen LogP contribution in [0, 0.1) is 11.3 Å². The summed E-state index contributed by atoms with van der Waals surface area (Å²) in [6, 6.07) is -0.0280. The van der Waals surface area contributed by atoms with Crippen molar-refractivity contribution in [2.75, 3.05) is 6.54 Å². The highest BCUT2D eigenvalue weighted by molar-refractivity contribution is 5.84. The molecule has 1 N–H and O–H groups in total. The van der Waals surface area contributed by atoms with Crippen LogP contribution in [0.3, 0.4) is 0 Å². The molecule has 0 bridgehead atoms. The highest BCUT2D eigenvalue weighted by Crippen LogP contribution is 2.23. The van der Waals surface area contributed by atoms with Crippen molar-refractivity contribution >= 4 is 5.91 Å². The van der Waals surface area contributed by atoms with E-state index in [1.807, 2.05) is 11.8 Å². The van der Waals surface area contributed by atoms with Gasteiger partial charge < -0.3 is 4.90 Å². The molecule has 1 fully saturated rings. The fourth-order valence-corrected chi connectivity index (χ4v) is 2.04. The molecule has 0 aromatic heterocycles. The molecule has 0 spiro atoms. The SMILES string of the molecule is CC1NC(C(C)C)N(CC(C)(C)C)C1=O. The van der Waals surface area contributed by atoms with Gasteiger partial charge in [-0.15, -0.1) is 0 Å². The van der Waals surface area contributed by atoms with Crippen molar-refractivity contribution in [2.24, 2.45) is 11.3 Å². The molecule has 2 atom stereocenters. The minimum atomic E-state index is -0.0280. The van der Waals surface area contributed by atoms with Gasteiger partial charge in [0.2, 0.25) is 5.91 Å². The van der Waals surface area contributed by atoms with Crippen molar-refractivity contribution < 1.29 is 4.79 Å². The number of hydrogen-bond donors (Lipinski definition) is 1. The molecule has 0 aliphatic carbocycles. The van der Waals surface area contributed by atoms with Gasteiger partial charge in [-0.3, -0.25) is 10.1 Å². The van der Waals surface area contributed by atoms with Crippen LogP contribution < -0.4 is 5.32 Å². The van der Waals surface area contributed by atoms with Crippen molar-refractivity contribution in [3.8, 4) is 0 Å². The summed E-state index contributed by atoms with van der Waals surface area (Å²) in [7, 11) is 0. The highest BCUT2D eigenvalue weighted by Gasteiger charge is 2.39. The Kier molecular flexibility index (Phi) is 3.44. The zero-order chi connectivity index (χ0) is 11.8. The lowest BCUT2D eigenvalue weighted by Gasteiger charge is -2.32. The second kappa shape index (κ2) is 4.12. The number of amides is 1. The van der Waals surface area contributed by atoms with Crippen LogP contribution in [0.2, 0.25) is 0 Å². The predicted molar refractivity (Wildman–Crippen MR) is 62.4 cm³/mol. The molecule has 2 unspecified atom stereocenters. The van der Waals surface area contributed by atoms with Crippen molar-refractivity contribution in [1.82, 2.24) is 10.2 Å². The third-order valence-corrected chi connectivity index (χ3v) is 2.69. The van der Waals surface area contributed by atoms with Gasteiger partial charge >= 0.3 is 0 Å². The molecule has 1 aliphatic heterocycles. The first-order valence-electron chi connectivity index (χ1n) is 5.79. The van der Waals surface area contributed by atoms with Gasteiger partial charge in [-0.05, 0) is 18.3 Å². The lowest BCUT2D eigenvalue weighted by Crippen LogP contribution is -2.45. The lowest BCUT2D eigenvalue weighted by atomic mass is 9.95. The van der Waals surface area contributed by atoms with Gasteiger partial charge in [-0.2, -0.15) is 0 Å². The van der Waals surface area contributed by atoms with E-state index in [4.69, 9.17) is 0 Å². The first kappa shape index (κ1) is 12.5. The van der Waals surface area contributed by atoms with Crippen LogP contribution >= 0.6 is 0 Å². The van der Waals surface area contributed by atoms with E-state index in [0.29, 0.717) is 5.92 Å². The summed E-state index contributed by atoms with van der Waals surface area (Å²) in [5.74, 6) is 0.699. The van der Waals surface area contributed by atoms with Gasteiger partial charge in [0.1, 0.15) is 0 Å². The first-order valence-corrected chi connectivity index (χ1v) is 5.79. The van der Waals surface area contributed by atoms with Gasteiger partial charge in [0.05, 0.1) is 12.2 Å². The van der Waals surface area contributed by atoms with E-state index in [-0.39, 0.29) is 23.5 Å². The molecule has 0 radical (unpaired) electrons. The number of nitrogens with one attached hydrogen (secondary N) is 1. The van der Waals surface area contributed by atoms with Crippen LogP contribution in [0.15, 0.2) is 0 Å². The maximum absolute atomic E-state index is 12.0. The van der Waals surface area contributed by atoms with E-state index in [1.165, 1.54) is 0 Å². The van der Waals surface area contributed by atoms with Crippen LogP contribution in [0.1, 0.15) is 41.5 Å². The Morgan fingerprint density at radius 3 is 2.33 bits per heavy atom. The summed E-state index contributed by atoms with van der Waals surface area (Å²) in [5, 5.41) is 3.35. The first-order chi connectivity index (χ1) is 6.72. The number of nitrogens with zero attached hydrogens (tertiary/aromatic N) is 1. The Bertz CT molecular complexity index is 242. The average molecular weight is 212 g/mol. The normalized spacial score (nSPS) is 27.9. The van der Waals surface area contributed by atoms with E-state index in [9.17, 15) is 4.79 Å². The molecule has 3 nitrogen and oxygen atoms in total. The second-order valence-electron chi connectivity index (χ2n) is 6.10. The summed E-state index contributed by atoms with van der Waals surface area (Å²) in [5.41, 5.74) is 0.161. The molecule has 0 aromatic carbocycles. The largest absolute Gasteiger partial charge is 0.325 e. The standard InChI is InChI=1S/C12H24N2O/c1-8(2)10-13-9(3)11(15)14(10)7-12(4,5)6/h8-10,13H,7H2,1-6H3. The highest BCUT2D eigenvalue weighted by atomic mass is 16.2. The monoisotopic (exact) mass is 212 g/mol. The zero-order valence-electron chi connectivity index (χ0n) is 10.8. The Balaban J connectivity index is 2.78. The molecular formula is C12H24N2O. The fraction of sp³-hybridized carbons (Fsp3) is 0.917. The smallest absolute Gasteiger partial charge is 0.240 e. The molecule has 1 saturated heterocycles. The van der Waals surface area contributed by atoms with Gasteiger partial charge in [-0.1, -0.05) is 34.6 Å². The van der Waals surface area contributed by atoms with E-state index in [0.717, 1.165) is 6.54 Å². The van der Waals surface area contributed by atoms with E-state index in [2.05, 4.69) is 39.9 Å². The van der Waals surface area contributed by atoms with E-state index in [1.54, 1.807) is 0 Å². The molecule has 1 rings (SSSR count). The quantitative estimate of drug-likeness (QED) is 0.757. The van der Waals surface area contributed by atoms with E-state index < -0.39 is 0 Å². The van der Waals surface area contributed by atoms with Gasteiger partial charge in [0.15, 0.2) is 0 Å². The second-order valence-corrected chi connectivity index (χ2v) is 6.10. The number of carbonyl (C=O) groups is 1. The van der Waals surface area contributed by atoms with Crippen LogP contribution in [0.5, 0.6) is 0 Å². The summed E-state index contributed by atoms with van der Waals surface area (Å²) in [4.78, 5) is 14.0. The van der Waals surface area contributed by atoms with Crippen LogP contribution in [-0.2, 0) is 4.79 Å². The molecule has 15 heavy (non-hydrogen) atoms. The van der Waals surface area contributed by atoms with Crippen LogP contribution in [-0.4, -0.2) is 29.6 Å². The molecule has 1 aliphatic rings. The van der Waals surface area contributed by atoms with E-state index >= 15 is 0 Å².